The van der Waals surface area contributed by atoms with Crippen LogP contribution >= 0.6 is 11.8 Å². The van der Waals surface area contributed by atoms with Gasteiger partial charge in [-0.1, -0.05) is 11.8 Å². The summed E-state index contributed by atoms with van der Waals surface area (Å²) >= 11 is 1.52. The third-order valence-electron chi connectivity index (χ3n) is 1.97. The Morgan fingerprint density at radius 2 is 2.31 bits per heavy atom. The first-order valence-electron chi connectivity index (χ1n) is 5.00. The summed E-state index contributed by atoms with van der Waals surface area (Å²) in [4.78, 5) is 8.74. The molecule has 0 saturated heterocycles. The fourth-order valence-corrected chi connectivity index (χ4v) is 1.67. The average Bonchev–Trinajstić information content (AvgIpc) is 2.82. The first-order chi connectivity index (χ1) is 7.83. The molecule has 0 aliphatic rings. The molecule has 2 aromatic rings. The molecule has 0 saturated carbocycles. The standard InChI is InChI=1S/C10H13N5S/c1-3-11-8-7-9(14-10(13-8)16-2)15-6-4-5-12-15/h4-7H,3H2,1-2H3,(H,11,13,14). The second kappa shape index (κ2) is 4.98. The smallest absolute Gasteiger partial charge is 0.191 e. The Bertz CT molecular complexity index is 454. The van der Waals surface area contributed by atoms with Gasteiger partial charge in [-0.2, -0.15) is 5.10 Å². The molecule has 0 radical (unpaired) electrons. The first-order valence-corrected chi connectivity index (χ1v) is 6.23. The van der Waals surface area contributed by atoms with Crippen molar-refractivity contribution in [2.24, 2.45) is 0 Å². The van der Waals surface area contributed by atoms with Crippen LogP contribution in [0.1, 0.15) is 6.92 Å². The van der Waals surface area contributed by atoms with E-state index in [1.54, 1.807) is 10.9 Å². The molecule has 16 heavy (non-hydrogen) atoms. The summed E-state index contributed by atoms with van der Waals surface area (Å²) in [6, 6.07) is 3.75. The SMILES string of the molecule is CCNc1cc(-n2cccn2)nc(SC)n1. The Morgan fingerprint density at radius 1 is 1.44 bits per heavy atom. The lowest BCUT2D eigenvalue weighted by atomic mass is 10.5. The van der Waals surface area contributed by atoms with Crippen molar-refractivity contribution in [3.8, 4) is 5.82 Å². The van der Waals surface area contributed by atoms with Gasteiger partial charge >= 0.3 is 0 Å². The van der Waals surface area contributed by atoms with Crippen LogP contribution in [0.2, 0.25) is 0 Å². The zero-order valence-electron chi connectivity index (χ0n) is 9.21. The highest BCUT2D eigenvalue weighted by atomic mass is 32.2. The van der Waals surface area contributed by atoms with Crippen molar-refractivity contribution in [3.05, 3.63) is 24.5 Å². The Labute approximate surface area is 98.3 Å². The van der Waals surface area contributed by atoms with Crippen molar-refractivity contribution >= 4 is 17.6 Å². The molecule has 2 rings (SSSR count). The van der Waals surface area contributed by atoms with Crippen LogP contribution in [0.3, 0.4) is 0 Å². The highest BCUT2D eigenvalue weighted by Gasteiger charge is 2.05. The van der Waals surface area contributed by atoms with E-state index in [4.69, 9.17) is 0 Å². The highest BCUT2D eigenvalue weighted by molar-refractivity contribution is 7.98. The molecule has 0 aromatic carbocycles. The molecule has 6 heteroatoms. The van der Waals surface area contributed by atoms with Crippen molar-refractivity contribution in [1.82, 2.24) is 19.7 Å². The Balaban J connectivity index is 2.41. The van der Waals surface area contributed by atoms with Crippen LogP contribution in [0.25, 0.3) is 5.82 Å². The minimum Gasteiger partial charge on any atom is -0.370 e. The van der Waals surface area contributed by atoms with Gasteiger partial charge in [0.1, 0.15) is 5.82 Å². The van der Waals surface area contributed by atoms with Crippen molar-refractivity contribution in [2.45, 2.75) is 12.1 Å². The van der Waals surface area contributed by atoms with Crippen LogP contribution < -0.4 is 5.32 Å². The van der Waals surface area contributed by atoms with E-state index < -0.39 is 0 Å². The van der Waals surface area contributed by atoms with E-state index in [-0.39, 0.29) is 0 Å². The third-order valence-corrected chi connectivity index (χ3v) is 2.52. The summed E-state index contributed by atoms with van der Waals surface area (Å²) in [6.07, 6.45) is 5.55. The van der Waals surface area contributed by atoms with Crippen LogP contribution in [0, 0.1) is 0 Å². The molecule has 0 atom stereocenters. The molecule has 1 N–H and O–H groups in total. The monoisotopic (exact) mass is 235 g/mol. The molecule has 0 spiro atoms. The molecule has 0 amide bonds. The second-order valence-electron chi connectivity index (χ2n) is 3.08. The molecular weight excluding hydrogens is 222 g/mol. The van der Waals surface area contributed by atoms with Crippen LogP contribution in [-0.4, -0.2) is 32.5 Å². The summed E-state index contributed by atoms with van der Waals surface area (Å²) in [5.74, 6) is 1.60. The fourth-order valence-electron chi connectivity index (χ4n) is 1.30. The van der Waals surface area contributed by atoms with Crippen LogP contribution in [0.4, 0.5) is 5.82 Å². The summed E-state index contributed by atoms with van der Waals surface area (Å²) in [5, 5.41) is 8.07. The largest absolute Gasteiger partial charge is 0.370 e. The van der Waals surface area contributed by atoms with Crippen LogP contribution in [-0.2, 0) is 0 Å². The summed E-state index contributed by atoms with van der Waals surface area (Å²) in [7, 11) is 0. The summed E-state index contributed by atoms with van der Waals surface area (Å²) < 4.78 is 1.72. The molecule has 0 aliphatic carbocycles. The van der Waals surface area contributed by atoms with Crippen LogP contribution in [0.15, 0.2) is 29.7 Å². The van der Waals surface area contributed by atoms with Gasteiger partial charge in [-0.15, -0.1) is 0 Å². The fraction of sp³-hybridized carbons (Fsp3) is 0.300. The van der Waals surface area contributed by atoms with Gasteiger partial charge in [0.2, 0.25) is 0 Å². The molecule has 2 heterocycles. The van der Waals surface area contributed by atoms with E-state index in [9.17, 15) is 0 Å². The lowest BCUT2D eigenvalue weighted by Crippen LogP contribution is -2.05. The Kier molecular flexibility index (Phi) is 3.40. The van der Waals surface area contributed by atoms with Gasteiger partial charge in [-0.25, -0.2) is 14.6 Å². The number of hydrogen-bond acceptors (Lipinski definition) is 5. The van der Waals surface area contributed by atoms with Crippen molar-refractivity contribution < 1.29 is 0 Å². The van der Waals surface area contributed by atoms with Crippen molar-refractivity contribution in [1.29, 1.82) is 0 Å². The highest BCUT2D eigenvalue weighted by Crippen LogP contribution is 2.16. The van der Waals surface area contributed by atoms with Crippen LogP contribution in [0.5, 0.6) is 0 Å². The van der Waals surface area contributed by atoms with E-state index >= 15 is 0 Å². The van der Waals surface area contributed by atoms with Crippen molar-refractivity contribution in [2.75, 3.05) is 18.1 Å². The summed E-state index contributed by atoms with van der Waals surface area (Å²) in [5.41, 5.74) is 0. The molecule has 0 aliphatic heterocycles. The third kappa shape index (κ3) is 2.33. The molecule has 0 unspecified atom stereocenters. The minimum absolute atomic E-state index is 0.740. The Hall–Kier alpha value is -1.56. The number of nitrogens with one attached hydrogen (secondary N) is 1. The van der Waals surface area contributed by atoms with E-state index in [0.29, 0.717) is 0 Å². The van der Waals surface area contributed by atoms with Gasteiger partial charge in [0.15, 0.2) is 11.0 Å². The number of nitrogens with zero attached hydrogens (tertiary/aromatic N) is 4. The lowest BCUT2D eigenvalue weighted by Gasteiger charge is -2.07. The lowest BCUT2D eigenvalue weighted by molar-refractivity contribution is 0.808. The Morgan fingerprint density at radius 3 is 2.94 bits per heavy atom. The summed E-state index contributed by atoms with van der Waals surface area (Å²) in [6.45, 7) is 2.87. The average molecular weight is 235 g/mol. The number of anilines is 1. The molecule has 0 bridgehead atoms. The quantitative estimate of drug-likeness (QED) is 0.647. The van der Waals surface area contributed by atoms with E-state index in [1.807, 2.05) is 31.5 Å². The second-order valence-corrected chi connectivity index (χ2v) is 3.85. The molecule has 0 fully saturated rings. The van der Waals surface area contributed by atoms with Crippen molar-refractivity contribution in [3.63, 3.8) is 0 Å². The van der Waals surface area contributed by atoms with Gasteiger partial charge in [0.25, 0.3) is 0 Å². The number of hydrogen-bond donors (Lipinski definition) is 1. The number of thioether (sulfide) groups is 1. The topological polar surface area (TPSA) is 55.6 Å². The zero-order valence-corrected chi connectivity index (χ0v) is 10.0. The van der Waals surface area contributed by atoms with E-state index in [0.717, 1.165) is 23.3 Å². The molecular formula is C10H13N5S. The van der Waals surface area contributed by atoms with Gasteiger partial charge in [-0.3, -0.25) is 0 Å². The maximum absolute atomic E-state index is 4.39. The predicted octanol–water partition coefficient (Wildman–Crippen LogP) is 1.82. The van der Waals surface area contributed by atoms with Gasteiger partial charge in [0, 0.05) is 25.0 Å². The molecule has 5 nitrogen and oxygen atoms in total. The normalized spacial score (nSPS) is 10.4. The number of aromatic nitrogens is 4. The predicted molar refractivity (Wildman–Crippen MR) is 65.1 cm³/mol. The minimum atomic E-state index is 0.740. The van der Waals surface area contributed by atoms with Gasteiger partial charge in [-0.05, 0) is 19.2 Å². The zero-order chi connectivity index (χ0) is 11.4. The van der Waals surface area contributed by atoms with E-state index in [1.165, 1.54) is 11.8 Å². The van der Waals surface area contributed by atoms with Gasteiger partial charge < -0.3 is 5.32 Å². The molecule has 2 aromatic heterocycles. The van der Waals surface area contributed by atoms with E-state index in [2.05, 4.69) is 20.4 Å². The first kappa shape index (κ1) is 10.9. The maximum atomic E-state index is 4.39. The van der Waals surface area contributed by atoms with Gasteiger partial charge in [0.05, 0.1) is 0 Å². The maximum Gasteiger partial charge on any atom is 0.191 e. The molecule has 84 valence electrons. The number of rotatable bonds is 4.